The molecule has 6 nitrogen and oxygen atoms in total. The van der Waals surface area contributed by atoms with Crippen molar-refractivity contribution >= 4 is 17.9 Å². The third-order valence-electron chi connectivity index (χ3n) is 3.71. The van der Waals surface area contributed by atoms with Crippen molar-refractivity contribution in [3.63, 3.8) is 0 Å². The highest BCUT2D eigenvalue weighted by atomic mass is 16.5. The number of benzene rings is 1. The highest BCUT2D eigenvalue weighted by molar-refractivity contribution is 5.96. The van der Waals surface area contributed by atoms with Crippen molar-refractivity contribution in [2.75, 3.05) is 6.61 Å². The largest absolute Gasteiger partial charge is 0.455 e. The second-order valence-electron chi connectivity index (χ2n) is 7.13. The highest BCUT2D eigenvalue weighted by Gasteiger charge is 2.28. The van der Waals surface area contributed by atoms with Crippen molar-refractivity contribution in [2.45, 2.75) is 52.5 Å². The SMILES string of the molecule is CC[C@H](C)[C@H](C(=O)OCC(=O)NC(=O)NC(C)(C)C)c1ccccc1. The van der Waals surface area contributed by atoms with Crippen molar-refractivity contribution < 1.29 is 19.1 Å². The minimum atomic E-state index is -0.661. The minimum absolute atomic E-state index is 0.0714. The smallest absolute Gasteiger partial charge is 0.321 e. The predicted molar refractivity (Wildman–Crippen MR) is 96.0 cm³/mol. The maximum atomic E-state index is 12.5. The van der Waals surface area contributed by atoms with Crippen LogP contribution < -0.4 is 10.6 Å². The molecule has 1 aromatic carbocycles. The quantitative estimate of drug-likeness (QED) is 0.774. The molecule has 0 spiro atoms. The van der Waals surface area contributed by atoms with Crippen molar-refractivity contribution in [2.24, 2.45) is 5.92 Å². The molecule has 0 fully saturated rings. The Hall–Kier alpha value is -2.37. The fourth-order valence-corrected chi connectivity index (χ4v) is 2.35. The highest BCUT2D eigenvalue weighted by Crippen LogP contribution is 2.28. The number of carbonyl (C=O) groups is 3. The summed E-state index contributed by atoms with van der Waals surface area (Å²) in [6.45, 7) is 8.87. The van der Waals surface area contributed by atoms with Gasteiger partial charge >= 0.3 is 12.0 Å². The molecule has 0 radical (unpaired) electrons. The molecule has 2 atom stereocenters. The number of urea groups is 1. The Labute approximate surface area is 149 Å². The van der Waals surface area contributed by atoms with Gasteiger partial charge in [0.2, 0.25) is 0 Å². The van der Waals surface area contributed by atoms with Crippen LogP contribution in [0.1, 0.15) is 52.5 Å². The number of amides is 3. The molecule has 25 heavy (non-hydrogen) atoms. The summed E-state index contributed by atoms with van der Waals surface area (Å²) in [6.07, 6.45) is 0.800. The van der Waals surface area contributed by atoms with Crippen molar-refractivity contribution in [3.05, 3.63) is 35.9 Å². The summed E-state index contributed by atoms with van der Waals surface area (Å²) in [4.78, 5) is 35.9. The Morgan fingerprint density at radius 2 is 1.72 bits per heavy atom. The zero-order valence-electron chi connectivity index (χ0n) is 15.6. The lowest BCUT2D eigenvalue weighted by Crippen LogP contribution is -2.49. The van der Waals surface area contributed by atoms with E-state index in [2.05, 4.69) is 10.6 Å². The lowest BCUT2D eigenvalue weighted by atomic mass is 9.86. The average molecular weight is 348 g/mol. The van der Waals surface area contributed by atoms with Gasteiger partial charge in [0.05, 0.1) is 5.92 Å². The van der Waals surface area contributed by atoms with E-state index >= 15 is 0 Å². The minimum Gasteiger partial charge on any atom is -0.455 e. The van der Waals surface area contributed by atoms with Gasteiger partial charge in [-0.25, -0.2) is 4.79 Å². The second kappa shape index (κ2) is 9.20. The summed E-state index contributed by atoms with van der Waals surface area (Å²) in [7, 11) is 0. The number of nitrogens with one attached hydrogen (secondary N) is 2. The predicted octanol–water partition coefficient (Wildman–Crippen LogP) is 2.98. The van der Waals surface area contributed by atoms with Crippen LogP contribution in [0.4, 0.5) is 4.79 Å². The van der Waals surface area contributed by atoms with Gasteiger partial charge in [0, 0.05) is 5.54 Å². The zero-order valence-corrected chi connectivity index (χ0v) is 15.6. The molecule has 0 aliphatic heterocycles. The number of esters is 1. The zero-order chi connectivity index (χ0) is 19.0. The Balaban J connectivity index is 2.63. The van der Waals surface area contributed by atoms with Crippen LogP contribution in [0.15, 0.2) is 30.3 Å². The van der Waals surface area contributed by atoms with Crippen LogP contribution in [0.25, 0.3) is 0 Å². The van der Waals surface area contributed by atoms with Crippen molar-refractivity contribution in [1.82, 2.24) is 10.6 Å². The molecule has 0 bridgehead atoms. The third kappa shape index (κ3) is 7.37. The Kier molecular flexibility index (Phi) is 7.61. The lowest BCUT2D eigenvalue weighted by molar-refractivity contribution is -0.151. The Morgan fingerprint density at radius 1 is 1.12 bits per heavy atom. The molecular weight excluding hydrogens is 320 g/mol. The van der Waals surface area contributed by atoms with Crippen molar-refractivity contribution in [1.29, 1.82) is 0 Å². The molecule has 0 unspecified atom stereocenters. The first kappa shape index (κ1) is 20.7. The maximum Gasteiger partial charge on any atom is 0.321 e. The molecule has 1 aromatic rings. The fraction of sp³-hybridized carbons (Fsp3) is 0.526. The first-order valence-electron chi connectivity index (χ1n) is 8.47. The summed E-state index contributed by atoms with van der Waals surface area (Å²) in [5.41, 5.74) is 0.392. The van der Waals surface area contributed by atoms with E-state index in [1.807, 2.05) is 44.2 Å². The first-order chi connectivity index (χ1) is 11.6. The molecule has 0 aliphatic rings. The molecular formula is C19H28N2O4. The van der Waals surface area contributed by atoms with Crippen LogP contribution in [0.2, 0.25) is 0 Å². The number of ether oxygens (including phenoxy) is 1. The number of carbonyl (C=O) groups excluding carboxylic acids is 3. The molecule has 0 heterocycles. The first-order valence-corrected chi connectivity index (χ1v) is 8.47. The van der Waals surface area contributed by atoms with E-state index in [4.69, 9.17) is 4.74 Å². The van der Waals surface area contributed by atoms with E-state index in [0.717, 1.165) is 12.0 Å². The monoisotopic (exact) mass is 348 g/mol. The van der Waals surface area contributed by atoms with Gasteiger partial charge in [0.25, 0.3) is 5.91 Å². The standard InChI is InChI=1S/C19H28N2O4/c1-6-13(2)16(14-10-8-7-9-11-14)17(23)25-12-15(22)20-18(24)21-19(3,4)5/h7-11,13,16H,6,12H2,1-5H3,(H2,20,21,22,24)/t13-,16-/m0/s1. The molecule has 1 rings (SSSR count). The van der Waals surface area contributed by atoms with Crippen LogP contribution in [0.5, 0.6) is 0 Å². The summed E-state index contributed by atoms with van der Waals surface area (Å²) in [5.74, 6) is -1.50. The second-order valence-corrected chi connectivity index (χ2v) is 7.13. The van der Waals surface area contributed by atoms with Crippen molar-refractivity contribution in [3.8, 4) is 0 Å². The number of hydrogen-bond acceptors (Lipinski definition) is 4. The molecule has 2 N–H and O–H groups in total. The molecule has 0 saturated carbocycles. The van der Waals surface area contributed by atoms with Crippen LogP contribution in [-0.4, -0.2) is 30.1 Å². The van der Waals surface area contributed by atoms with E-state index in [1.165, 1.54) is 0 Å². The topological polar surface area (TPSA) is 84.5 Å². The molecule has 0 saturated heterocycles. The molecule has 6 heteroatoms. The average Bonchev–Trinajstić information content (AvgIpc) is 2.52. The van der Waals surface area contributed by atoms with Crippen LogP contribution >= 0.6 is 0 Å². The van der Waals surface area contributed by atoms with Gasteiger partial charge in [-0.1, -0.05) is 50.6 Å². The van der Waals surface area contributed by atoms with Crippen LogP contribution in [-0.2, 0) is 14.3 Å². The normalized spacial score (nSPS) is 13.5. The summed E-state index contributed by atoms with van der Waals surface area (Å²) in [5, 5.41) is 4.75. The van der Waals surface area contributed by atoms with Crippen LogP contribution in [0.3, 0.4) is 0 Å². The number of imide groups is 1. The molecule has 3 amide bonds. The lowest BCUT2D eigenvalue weighted by Gasteiger charge is -2.22. The number of hydrogen-bond donors (Lipinski definition) is 2. The van der Waals surface area contributed by atoms with E-state index in [1.54, 1.807) is 20.8 Å². The summed E-state index contributed by atoms with van der Waals surface area (Å²) < 4.78 is 5.14. The van der Waals surface area contributed by atoms with Gasteiger partial charge in [-0.3, -0.25) is 14.9 Å². The van der Waals surface area contributed by atoms with Gasteiger partial charge in [-0.05, 0) is 32.3 Å². The Bertz CT molecular complexity index is 593. The van der Waals surface area contributed by atoms with Gasteiger partial charge in [-0.2, -0.15) is 0 Å². The molecule has 138 valence electrons. The van der Waals surface area contributed by atoms with Crippen LogP contribution in [0, 0.1) is 5.92 Å². The maximum absolute atomic E-state index is 12.5. The molecule has 0 aliphatic carbocycles. The van der Waals surface area contributed by atoms with E-state index < -0.39 is 36.0 Å². The summed E-state index contributed by atoms with van der Waals surface area (Å²) >= 11 is 0. The molecule has 0 aromatic heterocycles. The summed E-state index contributed by atoms with van der Waals surface area (Å²) in [6, 6.07) is 8.73. The van der Waals surface area contributed by atoms with Gasteiger partial charge in [0.15, 0.2) is 6.61 Å². The number of rotatable bonds is 6. The van der Waals surface area contributed by atoms with E-state index in [-0.39, 0.29) is 5.92 Å². The fourth-order valence-electron chi connectivity index (χ4n) is 2.35. The van der Waals surface area contributed by atoms with Gasteiger partial charge < -0.3 is 10.1 Å². The van der Waals surface area contributed by atoms with Gasteiger partial charge in [-0.15, -0.1) is 0 Å². The van der Waals surface area contributed by atoms with E-state index in [9.17, 15) is 14.4 Å². The third-order valence-corrected chi connectivity index (χ3v) is 3.71. The van der Waals surface area contributed by atoms with E-state index in [0.29, 0.717) is 0 Å². The Morgan fingerprint density at radius 3 is 2.24 bits per heavy atom. The van der Waals surface area contributed by atoms with Gasteiger partial charge in [0.1, 0.15) is 0 Å².